The van der Waals surface area contributed by atoms with Gasteiger partial charge in [-0.2, -0.15) is 0 Å². The Balaban J connectivity index is 1.18. The zero-order valence-electron chi connectivity index (χ0n) is 31.5. The first-order valence-electron chi connectivity index (χ1n) is 19.0. The SMILES string of the molecule is CC(C)(C)c1ccc2c(c1)c1cc(N(c3ccccc3)c3ccc(N(c4ccccc4)c4ccccc4)cc3)ccc1n2-c1ccc(-c2ccccc2)cc1. The molecule has 0 unspecified atom stereocenters. The smallest absolute Gasteiger partial charge is 0.0542 e. The third-order valence-electron chi connectivity index (χ3n) is 10.5. The molecule has 1 heterocycles. The second kappa shape index (κ2) is 14.2. The van der Waals surface area contributed by atoms with Crippen LogP contribution in [-0.4, -0.2) is 4.57 Å². The number of hydrogen-bond acceptors (Lipinski definition) is 2. The van der Waals surface area contributed by atoms with E-state index in [-0.39, 0.29) is 5.41 Å². The third kappa shape index (κ3) is 6.55. The summed E-state index contributed by atoms with van der Waals surface area (Å²) in [6.07, 6.45) is 0. The first kappa shape index (κ1) is 34.0. The Morgan fingerprint density at radius 3 is 1.22 bits per heavy atom. The van der Waals surface area contributed by atoms with Crippen molar-refractivity contribution in [3.8, 4) is 16.8 Å². The molecule has 0 amide bonds. The van der Waals surface area contributed by atoms with Gasteiger partial charge in [-0.3, -0.25) is 0 Å². The molecule has 0 radical (unpaired) electrons. The Morgan fingerprint density at radius 2 is 0.727 bits per heavy atom. The molecule has 9 aromatic rings. The van der Waals surface area contributed by atoms with Crippen LogP contribution in [0.3, 0.4) is 0 Å². The molecule has 9 rings (SSSR count). The predicted octanol–water partition coefficient (Wildman–Crippen LogP) is 14.7. The Morgan fingerprint density at radius 1 is 0.345 bits per heavy atom. The highest BCUT2D eigenvalue weighted by Crippen LogP contribution is 2.42. The average Bonchev–Trinajstić information content (AvgIpc) is 3.56. The number of anilines is 6. The van der Waals surface area contributed by atoms with Crippen molar-refractivity contribution in [2.75, 3.05) is 9.80 Å². The molecular formula is C52H43N3. The van der Waals surface area contributed by atoms with Crippen molar-refractivity contribution in [1.29, 1.82) is 0 Å². The van der Waals surface area contributed by atoms with Crippen LogP contribution in [-0.2, 0) is 5.41 Å². The highest BCUT2D eigenvalue weighted by Gasteiger charge is 2.21. The molecular weight excluding hydrogens is 667 g/mol. The van der Waals surface area contributed by atoms with Crippen LogP contribution in [0.4, 0.5) is 34.1 Å². The minimum Gasteiger partial charge on any atom is -0.311 e. The summed E-state index contributed by atoms with van der Waals surface area (Å²) in [5.74, 6) is 0. The van der Waals surface area contributed by atoms with Crippen LogP contribution < -0.4 is 9.80 Å². The van der Waals surface area contributed by atoms with Gasteiger partial charge in [-0.25, -0.2) is 0 Å². The molecule has 0 fully saturated rings. The molecule has 0 atom stereocenters. The molecule has 3 heteroatoms. The average molecular weight is 710 g/mol. The lowest BCUT2D eigenvalue weighted by Crippen LogP contribution is -2.12. The van der Waals surface area contributed by atoms with Gasteiger partial charge in [0.15, 0.2) is 0 Å². The minimum atomic E-state index is 0.0166. The van der Waals surface area contributed by atoms with Gasteiger partial charge in [-0.05, 0) is 125 Å². The number of aromatic nitrogens is 1. The summed E-state index contributed by atoms with van der Waals surface area (Å²) in [5.41, 5.74) is 13.9. The monoisotopic (exact) mass is 709 g/mol. The first-order valence-corrected chi connectivity index (χ1v) is 19.0. The molecule has 0 spiro atoms. The second-order valence-electron chi connectivity index (χ2n) is 15.1. The Labute approximate surface area is 324 Å². The van der Waals surface area contributed by atoms with Crippen LogP contribution >= 0.6 is 0 Å². The molecule has 0 aliphatic rings. The summed E-state index contributed by atoms with van der Waals surface area (Å²) in [6.45, 7) is 6.87. The first-order chi connectivity index (χ1) is 26.9. The highest BCUT2D eigenvalue weighted by atomic mass is 15.2. The van der Waals surface area contributed by atoms with Crippen molar-refractivity contribution in [3.05, 3.63) is 212 Å². The quantitative estimate of drug-likeness (QED) is 0.156. The van der Waals surface area contributed by atoms with E-state index in [2.05, 4.69) is 241 Å². The van der Waals surface area contributed by atoms with Gasteiger partial charge in [0.05, 0.1) is 11.0 Å². The van der Waals surface area contributed by atoms with Crippen molar-refractivity contribution >= 4 is 55.9 Å². The van der Waals surface area contributed by atoms with Crippen molar-refractivity contribution in [2.45, 2.75) is 26.2 Å². The van der Waals surface area contributed by atoms with E-state index in [0.717, 1.165) is 39.8 Å². The van der Waals surface area contributed by atoms with E-state index in [9.17, 15) is 0 Å². The summed E-state index contributed by atoms with van der Waals surface area (Å²) in [6, 6.07) is 74.2. The molecule has 0 saturated heterocycles. The Kier molecular flexibility index (Phi) is 8.76. The van der Waals surface area contributed by atoms with E-state index in [1.807, 2.05) is 0 Å². The van der Waals surface area contributed by atoms with Crippen LogP contribution in [0.25, 0.3) is 38.6 Å². The number of fused-ring (bicyclic) bond motifs is 3. The molecule has 0 aliphatic heterocycles. The molecule has 1 aromatic heterocycles. The van der Waals surface area contributed by atoms with Crippen LogP contribution in [0.5, 0.6) is 0 Å². The van der Waals surface area contributed by atoms with Gasteiger partial charge in [0.25, 0.3) is 0 Å². The topological polar surface area (TPSA) is 11.4 Å². The maximum Gasteiger partial charge on any atom is 0.0542 e. The standard InChI is InChI=1S/C52H43N3/c1-52(2,3)40-26-34-50-48(36-40)49-37-47(33-35-51(49)55(50)46-27-24-39(25-28-46)38-16-8-4-9-17-38)54(43-22-14-7-15-23-43)45-31-29-44(30-32-45)53(41-18-10-5-11-19-41)42-20-12-6-13-21-42/h4-37H,1-3H3. The number of rotatable bonds is 8. The summed E-state index contributed by atoms with van der Waals surface area (Å²) in [4.78, 5) is 4.67. The van der Waals surface area contributed by atoms with Crippen molar-refractivity contribution < 1.29 is 0 Å². The van der Waals surface area contributed by atoms with E-state index in [4.69, 9.17) is 0 Å². The molecule has 266 valence electrons. The molecule has 3 nitrogen and oxygen atoms in total. The molecule has 55 heavy (non-hydrogen) atoms. The predicted molar refractivity (Wildman–Crippen MR) is 234 cm³/mol. The van der Waals surface area contributed by atoms with Gasteiger partial charge in [-0.1, -0.05) is 124 Å². The van der Waals surface area contributed by atoms with E-state index < -0.39 is 0 Å². The maximum atomic E-state index is 2.42. The van der Waals surface area contributed by atoms with E-state index in [0.29, 0.717) is 0 Å². The lowest BCUT2D eigenvalue weighted by Gasteiger charge is -2.28. The van der Waals surface area contributed by atoms with Gasteiger partial charge in [0.2, 0.25) is 0 Å². The Hall–Kier alpha value is -6.84. The second-order valence-corrected chi connectivity index (χ2v) is 15.1. The van der Waals surface area contributed by atoms with Crippen molar-refractivity contribution in [1.82, 2.24) is 4.57 Å². The van der Waals surface area contributed by atoms with Crippen LogP contribution in [0.1, 0.15) is 26.3 Å². The fraction of sp³-hybridized carbons (Fsp3) is 0.0769. The van der Waals surface area contributed by atoms with Gasteiger partial charge < -0.3 is 14.4 Å². The lowest BCUT2D eigenvalue weighted by atomic mass is 9.86. The van der Waals surface area contributed by atoms with Crippen LogP contribution in [0.15, 0.2) is 206 Å². The fourth-order valence-corrected chi connectivity index (χ4v) is 7.70. The summed E-state index contributed by atoms with van der Waals surface area (Å²) in [7, 11) is 0. The van der Waals surface area contributed by atoms with E-state index in [1.165, 1.54) is 38.5 Å². The molecule has 0 saturated carbocycles. The Bertz CT molecular complexity index is 2650. The van der Waals surface area contributed by atoms with Gasteiger partial charge >= 0.3 is 0 Å². The number of nitrogens with zero attached hydrogens (tertiary/aromatic N) is 3. The zero-order valence-corrected chi connectivity index (χ0v) is 31.5. The molecule has 0 bridgehead atoms. The van der Waals surface area contributed by atoms with E-state index in [1.54, 1.807) is 0 Å². The van der Waals surface area contributed by atoms with Crippen molar-refractivity contribution in [3.63, 3.8) is 0 Å². The number of hydrogen-bond donors (Lipinski definition) is 0. The molecule has 8 aromatic carbocycles. The summed E-state index contributed by atoms with van der Waals surface area (Å²) < 4.78 is 2.42. The highest BCUT2D eigenvalue weighted by molar-refractivity contribution is 6.11. The fourth-order valence-electron chi connectivity index (χ4n) is 7.70. The molecule has 0 N–H and O–H groups in total. The van der Waals surface area contributed by atoms with Crippen LogP contribution in [0.2, 0.25) is 0 Å². The number of benzene rings is 8. The summed E-state index contributed by atoms with van der Waals surface area (Å²) in [5, 5.41) is 2.48. The van der Waals surface area contributed by atoms with Crippen LogP contribution in [0, 0.1) is 0 Å². The normalized spacial score (nSPS) is 11.5. The molecule has 0 aliphatic carbocycles. The zero-order chi connectivity index (χ0) is 37.4. The van der Waals surface area contributed by atoms with E-state index >= 15 is 0 Å². The van der Waals surface area contributed by atoms with Gasteiger partial charge in [0, 0.05) is 50.6 Å². The number of para-hydroxylation sites is 3. The minimum absolute atomic E-state index is 0.0166. The maximum absolute atomic E-state index is 2.42. The van der Waals surface area contributed by atoms with Gasteiger partial charge in [0.1, 0.15) is 0 Å². The van der Waals surface area contributed by atoms with Crippen molar-refractivity contribution in [2.24, 2.45) is 0 Å². The lowest BCUT2D eigenvalue weighted by molar-refractivity contribution is 0.591. The summed E-state index contributed by atoms with van der Waals surface area (Å²) >= 11 is 0. The largest absolute Gasteiger partial charge is 0.311 e. The van der Waals surface area contributed by atoms with Gasteiger partial charge in [-0.15, -0.1) is 0 Å². The third-order valence-corrected chi connectivity index (χ3v) is 10.5.